The molecule has 2 N–H and O–H groups in total. The van der Waals surface area contributed by atoms with Gasteiger partial charge in [-0.05, 0) is 19.3 Å². The fourth-order valence-electron chi connectivity index (χ4n) is 2.12. The Kier molecular flexibility index (Phi) is 4.12. The second-order valence-corrected chi connectivity index (χ2v) is 5.64. The highest BCUT2D eigenvalue weighted by Gasteiger charge is 2.44. The van der Waals surface area contributed by atoms with Crippen molar-refractivity contribution in [2.24, 2.45) is 11.1 Å². The van der Waals surface area contributed by atoms with Crippen LogP contribution in [-0.2, 0) is 9.59 Å². The predicted molar refractivity (Wildman–Crippen MR) is 67.2 cm³/mol. The summed E-state index contributed by atoms with van der Waals surface area (Å²) in [6.45, 7) is 5.78. The van der Waals surface area contributed by atoms with Crippen LogP contribution in [0, 0.1) is 16.7 Å². The summed E-state index contributed by atoms with van der Waals surface area (Å²) < 4.78 is 0. The summed E-state index contributed by atoms with van der Waals surface area (Å²) in [6, 6.07) is 2.08. The molecule has 0 aromatic carbocycles. The lowest BCUT2D eigenvalue weighted by Gasteiger charge is -2.22. The number of nitrogens with zero attached hydrogens (tertiary/aromatic N) is 2. The molecule has 0 aromatic rings. The van der Waals surface area contributed by atoms with E-state index in [2.05, 4.69) is 6.07 Å². The largest absolute Gasteiger partial charge is 0.313 e. The summed E-state index contributed by atoms with van der Waals surface area (Å²) in [5.41, 5.74) is 4.42. The van der Waals surface area contributed by atoms with E-state index in [1.54, 1.807) is 13.8 Å². The second-order valence-electron chi connectivity index (χ2n) is 5.64. The second kappa shape index (κ2) is 5.07. The first-order valence-electron chi connectivity index (χ1n) is 6.31. The van der Waals surface area contributed by atoms with Gasteiger partial charge in [-0.15, -0.1) is 0 Å². The maximum Gasteiger partial charge on any atom is 0.235 e. The third kappa shape index (κ3) is 2.88. The maximum atomic E-state index is 11.9. The van der Waals surface area contributed by atoms with Crippen LogP contribution in [0.2, 0.25) is 0 Å². The Hall–Kier alpha value is -1.41. The summed E-state index contributed by atoms with van der Waals surface area (Å²) in [5, 5.41) is 8.94. The molecule has 0 bridgehead atoms. The van der Waals surface area contributed by atoms with Crippen molar-refractivity contribution in [1.82, 2.24) is 4.90 Å². The van der Waals surface area contributed by atoms with Crippen LogP contribution < -0.4 is 5.73 Å². The summed E-state index contributed by atoms with van der Waals surface area (Å²) in [5.74, 6) is -0.246. The highest BCUT2D eigenvalue weighted by molar-refractivity contribution is 6.05. The van der Waals surface area contributed by atoms with Gasteiger partial charge in [-0.25, -0.2) is 0 Å². The van der Waals surface area contributed by atoms with Crippen molar-refractivity contribution in [1.29, 1.82) is 5.26 Å². The van der Waals surface area contributed by atoms with Crippen LogP contribution in [0.15, 0.2) is 0 Å². The van der Waals surface area contributed by atoms with E-state index in [9.17, 15) is 9.59 Å². The molecule has 5 nitrogen and oxygen atoms in total. The van der Waals surface area contributed by atoms with Crippen molar-refractivity contribution in [3.63, 3.8) is 0 Å². The zero-order valence-electron chi connectivity index (χ0n) is 11.3. The highest BCUT2D eigenvalue weighted by Crippen LogP contribution is 2.31. The predicted octanol–water partition coefficient (Wildman–Crippen LogP) is 1.18. The van der Waals surface area contributed by atoms with Crippen LogP contribution >= 0.6 is 0 Å². The monoisotopic (exact) mass is 251 g/mol. The molecule has 1 fully saturated rings. The lowest BCUT2D eigenvalue weighted by atomic mass is 9.92. The van der Waals surface area contributed by atoms with Crippen LogP contribution in [0.25, 0.3) is 0 Å². The number of amides is 2. The van der Waals surface area contributed by atoms with Crippen molar-refractivity contribution in [2.75, 3.05) is 6.54 Å². The molecule has 1 aliphatic heterocycles. The van der Waals surface area contributed by atoms with Crippen molar-refractivity contribution in [3.05, 3.63) is 0 Å². The van der Waals surface area contributed by atoms with E-state index < -0.39 is 11.0 Å². The Morgan fingerprint density at radius 3 is 2.50 bits per heavy atom. The van der Waals surface area contributed by atoms with Crippen LogP contribution in [0.5, 0.6) is 0 Å². The minimum Gasteiger partial charge on any atom is -0.313 e. The van der Waals surface area contributed by atoms with Crippen molar-refractivity contribution in [3.8, 4) is 6.07 Å². The van der Waals surface area contributed by atoms with Crippen LogP contribution in [0.4, 0.5) is 0 Å². The van der Waals surface area contributed by atoms with Crippen molar-refractivity contribution < 1.29 is 9.59 Å². The van der Waals surface area contributed by atoms with Crippen LogP contribution in [-0.4, -0.2) is 28.8 Å². The maximum absolute atomic E-state index is 11.9. The summed E-state index contributed by atoms with van der Waals surface area (Å²) in [6.07, 6.45) is 1.91. The third-order valence-electron chi connectivity index (χ3n) is 3.58. The Morgan fingerprint density at radius 1 is 1.50 bits per heavy atom. The van der Waals surface area contributed by atoms with Gasteiger partial charge in [-0.3, -0.25) is 14.5 Å². The number of carbonyl (C=O) groups is 2. The molecule has 5 heteroatoms. The first kappa shape index (κ1) is 14.7. The summed E-state index contributed by atoms with van der Waals surface area (Å²) >= 11 is 0. The van der Waals surface area contributed by atoms with E-state index in [0.29, 0.717) is 25.8 Å². The minimum atomic E-state index is -0.846. The molecular weight excluding hydrogens is 230 g/mol. The zero-order valence-corrected chi connectivity index (χ0v) is 11.3. The zero-order chi connectivity index (χ0) is 14.0. The first-order valence-corrected chi connectivity index (χ1v) is 6.31. The number of hydrogen-bond donors (Lipinski definition) is 1. The molecule has 0 saturated carbocycles. The molecule has 1 aliphatic rings. The van der Waals surface area contributed by atoms with Gasteiger partial charge < -0.3 is 5.73 Å². The van der Waals surface area contributed by atoms with Gasteiger partial charge in [-0.2, -0.15) is 5.26 Å². The summed E-state index contributed by atoms with van der Waals surface area (Å²) in [7, 11) is 0. The molecule has 1 unspecified atom stereocenters. The lowest BCUT2D eigenvalue weighted by molar-refractivity contribution is -0.140. The molecule has 0 spiro atoms. The van der Waals surface area contributed by atoms with Gasteiger partial charge in [0.15, 0.2) is 0 Å². The van der Waals surface area contributed by atoms with E-state index in [4.69, 9.17) is 11.0 Å². The molecule has 2 amide bonds. The van der Waals surface area contributed by atoms with Gasteiger partial charge in [0, 0.05) is 13.0 Å². The molecule has 100 valence electrons. The smallest absolute Gasteiger partial charge is 0.235 e. The SMILES string of the molecule is CCC(N)(C#N)CCCN1C(=O)CC(C)(C)C1=O. The van der Waals surface area contributed by atoms with Gasteiger partial charge in [0.25, 0.3) is 0 Å². The molecule has 18 heavy (non-hydrogen) atoms. The Labute approximate surface area is 108 Å². The molecule has 0 aliphatic carbocycles. The fourth-order valence-corrected chi connectivity index (χ4v) is 2.12. The number of imide groups is 1. The molecule has 0 aromatic heterocycles. The number of likely N-dealkylation sites (tertiary alicyclic amines) is 1. The topological polar surface area (TPSA) is 87.2 Å². The normalized spacial score (nSPS) is 21.8. The Bertz CT molecular complexity index is 398. The van der Waals surface area contributed by atoms with Gasteiger partial charge in [-0.1, -0.05) is 20.8 Å². The van der Waals surface area contributed by atoms with E-state index in [1.807, 2.05) is 6.92 Å². The van der Waals surface area contributed by atoms with Crippen molar-refractivity contribution in [2.45, 2.75) is 52.0 Å². The van der Waals surface area contributed by atoms with Gasteiger partial charge in [0.2, 0.25) is 11.8 Å². The third-order valence-corrected chi connectivity index (χ3v) is 3.58. The average molecular weight is 251 g/mol. The quantitative estimate of drug-likeness (QED) is 0.743. The fraction of sp³-hybridized carbons (Fsp3) is 0.769. The molecule has 1 atom stereocenters. The minimum absolute atomic E-state index is 0.122. The molecule has 1 rings (SSSR count). The number of hydrogen-bond acceptors (Lipinski definition) is 4. The Morgan fingerprint density at radius 2 is 2.11 bits per heavy atom. The molecular formula is C13H21N3O2. The van der Waals surface area contributed by atoms with Gasteiger partial charge >= 0.3 is 0 Å². The highest BCUT2D eigenvalue weighted by atomic mass is 16.2. The number of carbonyl (C=O) groups excluding carboxylic acids is 2. The Balaban J connectivity index is 2.54. The average Bonchev–Trinajstić information content (AvgIpc) is 2.50. The van der Waals surface area contributed by atoms with Crippen molar-refractivity contribution >= 4 is 11.8 Å². The van der Waals surface area contributed by atoms with E-state index in [-0.39, 0.29) is 18.2 Å². The number of nitrogens with two attached hydrogens (primary N) is 1. The number of rotatable bonds is 5. The van der Waals surface area contributed by atoms with Gasteiger partial charge in [0.1, 0.15) is 5.54 Å². The summed E-state index contributed by atoms with van der Waals surface area (Å²) in [4.78, 5) is 24.9. The number of nitriles is 1. The molecule has 1 heterocycles. The molecule has 1 saturated heterocycles. The molecule has 0 radical (unpaired) electrons. The van der Waals surface area contributed by atoms with E-state index in [0.717, 1.165) is 0 Å². The first-order chi connectivity index (χ1) is 8.25. The standard InChI is InChI=1S/C13H21N3O2/c1-4-13(15,9-14)6-5-7-16-10(17)8-12(2,3)11(16)18/h4-8,15H2,1-3H3. The van der Waals surface area contributed by atoms with Crippen LogP contribution in [0.3, 0.4) is 0 Å². The lowest BCUT2D eigenvalue weighted by Crippen LogP contribution is -2.39. The van der Waals surface area contributed by atoms with E-state index in [1.165, 1.54) is 4.90 Å². The van der Waals surface area contributed by atoms with Crippen LogP contribution in [0.1, 0.15) is 46.5 Å². The van der Waals surface area contributed by atoms with Gasteiger partial charge in [0.05, 0.1) is 11.5 Å². The van der Waals surface area contributed by atoms with E-state index >= 15 is 0 Å².